The molecule has 0 atom stereocenters. The van der Waals surface area contributed by atoms with Crippen LogP contribution in [0.2, 0.25) is 5.02 Å². The van der Waals surface area contributed by atoms with Gasteiger partial charge in [-0.25, -0.2) is 13.6 Å². The fourth-order valence-corrected chi connectivity index (χ4v) is 3.57. The van der Waals surface area contributed by atoms with Crippen molar-refractivity contribution in [3.8, 4) is 11.1 Å². The van der Waals surface area contributed by atoms with Crippen molar-refractivity contribution < 1.29 is 13.2 Å². The first-order valence-electron chi connectivity index (χ1n) is 6.67. The lowest BCUT2D eigenvalue weighted by Crippen LogP contribution is -2.24. The SMILES string of the molecule is Cc1c(C(=O)N=C(N)N)ccc(-c2cccc(Cl)c2)c1S(N)(=O)=O. The van der Waals surface area contributed by atoms with E-state index in [4.69, 9.17) is 28.2 Å². The van der Waals surface area contributed by atoms with E-state index in [1.54, 1.807) is 24.3 Å². The van der Waals surface area contributed by atoms with Crippen molar-refractivity contribution in [2.24, 2.45) is 21.6 Å². The fourth-order valence-electron chi connectivity index (χ4n) is 2.35. The van der Waals surface area contributed by atoms with Crippen molar-refractivity contribution in [3.05, 3.63) is 52.5 Å². The molecule has 0 aliphatic carbocycles. The highest BCUT2D eigenvalue weighted by Gasteiger charge is 2.23. The number of hydrogen-bond acceptors (Lipinski definition) is 3. The van der Waals surface area contributed by atoms with Gasteiger partial charge in [-0.1, -0.05) is 29.8 Å². The molecule has 24 heavy (non-hydrogen) atoms. The Kier molecular flexibility index (Phi) is 4.93. The molecular formula is C15H15ClN4O3S. The Balaban J connectivity index is 2.78. The minimum atomic E-state index is -4.12. The van der Waals surface area contributed by atoms with Crippen LogP contribution in [0.3, 0.4) is 0 Å². The number of hydrogen-bond donors (Lipinski definition) is 3. The largest absolute Gasteiger partial charge is 0.370 e. The standard InChI is InChI=1S/C15H15ClN4O3S/c1-8-11(14(21)20-15(17)18)5-6-12(13(8)24(19,22)23)9-3-2-4-10(16)7-9/h2-7H,1H3,(H2,19,22,23)(H4,17,18,20,21). The average molecular weight is 367 g/mol. The van der Waals surface area contributed by atoms with E-state index in [9.17, 15) is 13.2 Å². The Morgan fingerprint density at radius 2 is 1.83 bits per heavy atom. The maximum Gasteiger partial charge on any atom is 0.280 e. The van der Waals surface area contributed by atoms with Gasteiger partial charge in [0.05, 0.1) is 4.90 Å². The maximum absolute atomic E-state index is 12.1. The van der Waals surface area contributed by atoms with E-state index in [1.165, 1.54) is 19.1 Å². The van der Waals surface area contributed by atoms with Crippen LogP contribution in [0.4, 0.5) is 0 Å². The van der Waals surface area contributed by atoms with Gasteiger partial charge in [-0.3, -0.25) is 4.79 Å². The number of nitrogens with two attached hydrogens (primary N) is 3. The first-order valence-corrected chi connectivity index (χ1v) is 8.60. The van der Waals surface area contributed by atoms with Gasteiger partial charge in [0.15, 0.2) is 5.96 Å². The van der Waals surface area contributed by atoms with E-state index >= 15 is 0 Å². The van der Waals surface area contributed by atoms with Crippen molar-refractivity contribution in [2.45, 2.75) is 11.8 Å². The summed E-state index contributed by atoms with van der Waals surface area (Å²) in [5.74, 6) is -1.18. The zero-order valence-corrected chi connectivity index (χ0v) is 14.2. The number of halogens is 1. The number of aliphatic imine (C=N–C) groups is 1. The van der Waals surface area contributed by atoms with Crippen molar-refractivity contribution in [3.63, 3.8) is 0 Å². The molecule has 0 unspecified atom stereocenters. The second kappa shape index (κ2) is 6.60. The molecule has 9 heteroatoms. The predicted molar refractivity (Wildman–Crippen MR) is 93.1 cm³/mol. The monoisotopic (exact) mass is 366 g/mol. The summed E-state index contributed by atoms with van der Waals surface area (Å²) >= 11 is 5.96. The molecule has 2 aromatic rings. The third kappa shape index (κ3) is 3.73. The van der Waals surface area contributed by atoms with E-state index < -0.39 is 21.9 Å². The number of nitrogens with zero attached hydrogens (tertiary/aromatic N) is 1. The molecule has 0 bridgehead atoms. The highest BCUT2D eigenvalue weighted by molar-refractivity contribution is 7.89. The molecule has 1 amide bonds. The predicted octanol–water partition coefficient (Wildman–Crippen LogP) is 1.38. The summed E-state index contributed by atoms with van der Waals surface area (Å²) in [5, 5.41) is 5.78. The third-order valence-corrected chi connectivity index (χ3v) is 4.62. The summed E-state index contributed by atoms with van der Waals surface area (Å²) in [6.45, 7) is 1.46. The molecule has 0 saturated carbocycles. The summed E-state index contributed by atoms with van der Waals surface area (Å²) in [7, 11) is -4.12. The van der Waals surface area contributed by atoms with E-state index in [0.717, 1.165) is 0 Å². The van der Waals surface area contributed by atoms with Crippen molar-refractivity contribution in [1.82, 2.24) is 0 Å². The molecule has 6 N–H and O–H groups in total. The summed E-state index contributed by atoms with van der Waals surface area (Å²) < 4.78 is 24.2. The molecule has 0 spiro atoms. The van der Waals surface area contributed by atoms with Crippen molar-refractivity contribution in [2.75, 3.05) is 0 Å². The maximum atomic E-state index is 12.1. The summed E-state index contributed by atoms with van der Waals surface area (Å²) in [6, 6.07) is 9.53. The summed E-state index contributed by atoms with van der Waals surface area (Å²) in [4.78, 5) is 15.3. The van der Waals surface area contributed by atoms with Crippen LogP contribution in [0.25, 0.3) is 11.1 Å². The van der Waals surface area contributed by atoms with Gasteiger partial charge in [-0.2, -0.15) is 4.99 Å². The third-order valence-electron chi connectivity index (χ3n) is 3.29. The van der Waals surface area contributed by atoms with E-state index in [0.29, 0.717) is 16.1 Å². The smallest absolute Gasteiger partial charge is 0.280 e. The topological polar surface area (TPSA) is 142 Å². The van der Waals surface area contributed by atoms with Gasteiger partial charge < -0.3 is 11.5 Å². The lowest BCUT2D eigenvalue weighted by molar-refractivity contribution is 0.100. The van der Waals surface area contributed by atoms with E-state index in [1.807, 2.05) is 0 Å². The highest BCUT2D eigenvalue weighted by atomic mass is 35.5. The van der Waals surface area contributed by atoms with Gasteiger partial charge >= 0.3 is 0 Å². The number of primary sulfonamides is 1. The van der Waals surface area contributed by atoms with Crippen molar-refractivity contribution in [1.29, 1.82) is 0 Å². The molecule has 0 fully saturated rings. The molecule has 0 aromatic heterocycles. The molecule has 0 saturated heterocycles. The van der Waals surface area contributed by atoms with Gasteiger partial charge in [0.25, 0.3) is 5.91 Å². The van der Waals surface area contributed by atoms with Gasteiger partial charge in [0.1, 0.15) is 0 Å². The zero-order valence-electron chi connectivity index (χ0n) is 12.7. The van der Waals surface area contributed by atoms with E-state index in [2.05, 4.69) is 4.99 Å². The lowest BCUT2D eigenvalue weighted by Gasteiger charge is -2.14. The molecule has 7 nitrogen and oxygen atoms in total. The minimum absolute atomic E-state index is 0.0400. The van der Waals surface area contributed by atoms with Crippen LogP contribution in [0.15, 0.2) is 46.3 Å². The molecule has 0 radical (unpaired) electrons. The molecule has 2 aromatic carbocycles. The second-order valence-corrected chi connectivity index (χ2v) is 6.95. The van der Waals surface area contributed by atoms with Gasteiger partial charge in [-0.05, 0) is 36.2 Å². The molecule has 0 heterocycles. The Labute approximate surface area is 144 Å². The molecule has 0 aliphatic heterocycles. The number of benzene rings is 2. The number of amides is 1. The lowest BCUT2D eigenvalue weighted by atomic mass is 9.99. The number of carbonyl (C=O) groups is 1. The van der Waals surface area contributed by atoms with Crippen molar-refractivity contribution >= 4 is 33.5 Å². The molecule has 0 aliphatic rings. The Morgan fingerprint density at radius 1 is 1.17 bits per heavy atom. The van der Waals surface area contributed by atoms with E-state index in [-0.39, 0.29) is 16.0 Å². The highest BCUT2D eigenvalue weighted by Crippen LogP contribution is 2.32. The van der Waals surface area contributed by atoms with Gasteiger partial charge in [0.2, 0.25) is 10.0 Å². The van der Waals surface area contributed by atoms with Crippen LogP contribution >= 0.6 is 11.6 Å². The first-order chi connectivity index (χ1) is 11.1. The second-order valence-electron chi connectivity index (χ2n) is 5.01. The van der Waals surface area contributed by atoms with Crippen LogP contribution in [0.5, 0.6) is 0 Å². The van der Waals surface area contributed by atoms with Crippen LogP contribution in [0.1, 0.15) is 15.9 Å². The van der Waals surface area contributed by atoms with Gasteiger partial charge in [0, 0.05) is 16.1 Å². The fraction of sp³-hybridized carbons (Fsp3) is 0.0667. The molecule has 2 rings (SSSR count). The average Bonchev–Trinajstić information content (AvgIpc) is 2.44. The quantitative estimate of drug-likeness (QED) is 0.555. The number of carbonyl (C=O) groups excluding carboxylic acids is 1. The zero-order chi connectivity index (χ0) is 18.1. The minimum Gasteiger partial charge on any atom is -0.370 e. The molecular weight excluding hydrogens is 352 g/mol. The van der Waals surface area contributed by atoms with Crippen LogP contribution in [-0.2, 0) is 10.0 Å². The number of guanidine groups is 1. The van der Waals surface area contributed by atoms with Gasteiger partial charge in [-0.15, -0.1) is 0 Å². The Bertz CT molecular complexity index is 951. The number of sulfonamides is 1. The van der Waals surface area contributed by atoms with Crippen LogP contribution in [0, 0.1) is 6.92 Å². The van der Waals surface area contributed by atoms with Crippen LogP contribution < -0.4 is 16.6 Å². The summed E-state index contributed by atoms with van der Waals surface area (Å²) in [5.41, 5.74) is 11.5. The first kappa shape index (κ1) is 17.9. The normalized spacial score (nSPS) is 11.1. The molecule has 126 valence electrons. The van der Waals surface area contributed by atoms with Crippen LogP contribution in [-0.4, -0.2) is 20.3 Å². The number of rotatable bonds is 3. The Morgan fingerprint density at radius 3 is 2.38 bits per heavy atom. The Hall–Kier alpha value is -2.42. The summed E-state index contributed by atoms with van der Waals surface area (Å²) in [6.07, 6.45) is 0.